The van der Waals surface area contributed by atoms with Gasteiger partial charge in [-0.1, -0.05) is 0 Å². The van der Waals surface area contributed by atoms with E-state index in [-0.39, 0.29) is 12.5 Å². The second-order valence-corrected chi connectivity index (χ2v) is 3.43. The summed E-state index contributed by atoms with van der Waals surface area (Å²) in [5, 5.41) is 19.4. The minimum atomic E-state index is -0.761. The summed E-state index contributed by atoms with van der Waals surface area (Å²) in [6, 6.07) is 3.87. The van der Waals surface area contributed by atoms with Crippen molar-refractivity contribution in [2.75, 3.05) is 0 Å². The summed E-state index contributed by atoms with van der Waals surface area (Å²) < 4.78 is 0. The molecule has 0 bridgehead atoms. The lowest BCUT2D eigenvalue weighted by molar-refractivity contribution is -0.137. The van der Waals surface area contributed by atoms with Crippen molar-refractivity contribution in [2.24, 2.45) is 0 Å². The summed E-state index contributed by atoms with van der Waals surface area (Å²) in [6.45, 7) is 2.58. The average Bonchev–Trinajstić information content (AvgIpc) is 2.25. The molecule has 82 valence electrons. The highest BCUT2D eigenvalue weighted by atomic mass is 16.4. The minimum absolute atomic E-state index is 0.170. The fourth-order valence-electron chi connectivity index (χ4n) is 1.15. The quantitative estimate of drug-likeness (QED) is 0.725. The lowest BCUT2D eigenvalue weighted by atomic mass is 10.2. The van der Waals surface area contributed by atoms with Gasteiger partial charge >= 0.3 is 5.97 Å². The van der Waals surface area contributed by atoms with E-state index in [2.05, 4.69) is 15.5 Å². The molecule has 5 heteroatoms. The van der Waals surface area contributed by atoms with Crippen molar-refractivity contribution in [1.82, 2.24) is 15.5 Å². The Bertz CT molecular complexity index is 303. The van der Waals surface area contributed by atoms with Crippen LogP contribution in [0.2, 0.25) is 0 Å². The lowest BCUT2D eigenvalue weighted by Gasteiger charge is -2.11. The van der Waals surface area contributed by atoms with Crippen LogP contribution >= 0.6 is 0 Å². The largest absolute Gasteiger partial charge is 0.481 e. The summed E-state index contributed by atoms with van der Waals surface area (Å²) >= 11 is 0. The second-order valence-electron chi connectivity index (χ2n) is 3.43. The first-order valence-electron chi connectivity index (χ1n) is 4.90. The van der Waals surface area contributed by atoms with Crippen molar-refractivity contribution in [3.63, 3.8) is 0 Å². The number of hydrogen-bond acceptors (Lipinski definition) is 4. The van der Waals surface area contributed by atoms with Crippen LogP contribution in [0.3, 0.4) is 0 Å². The monoisotopic (exact) mass is 209 g/mol. The maximum Gasteiger partial charge on any atom is 0.303 e. The van der Waals surface area contributed by atoms with Crippen LogP contribution in [0.1, 0.15) is 25.5 Å². The maximum atomic E-state index is 10.3. The van der Waals surface area contributed by atoms with E-state index in [1.165, 1.54) is 0 Å². The molecular weight excluding hydrogens is 194 g/mol. The average molecular weight is 209 g/mol. The van der Waals surface area contributed by atoms with Crippen molar-refractivity contribution < 1.29 is 9.90 Å². The molecule has 5 nitrogen and oxygen atoms in total. The van der Waals surface area contributed by atoms with Gasteiger partial charge in [0.25, 0.3) is 0 Å². The standard InChI is InChI=1S/C10H15N3O2/c1-8(4-5-10(14)15)11-7-9-3-2-6-12-13-9/h2-3,6,8,11H,4-5,7H2,1H3,(H,14,15). The summed E-state index contributed by atoms with van der Waals surface area (Å²) in [7, 11) is 0. The maximum absolute atomic E-state index is 10.3. The number of carboxylic acid groups (broad SMARTS) is 1. The number of nitrogens with zero attached hydrogens (tertiary/aromatic N) is 2. The molecule has 1 aromatic heterocycles. The Kier molecular flexibility index (Phi) is 4.70. The number of aromatic nitrogens is 2. The highest BCUT2D eigenvalue weighted by molar-refractivity contribution is 5.66. The third kappa shape index (κ3) is 5.07. The summed E-state index contributed by atoms with van der Waals surface area (Å²) in [5.74, 6) is -0.761. The zero-order chi connectivity index (χ0) is 11.1. The Balaban J connectivity index is 2.22. The van der Waals surface area contributed by atoms with Gasteiger partial charge in [0.1, 0.15) is 0 Å². The van der Waals surface area contributed by atoms with Crippen LogP contribution in [0.25, 0.3) is 0 Å². The fraction of sp³-hybridized carbons (Fsp3) is 0.500. The lowest BCUT2D eigenvalue weighted by Crippen LogP contribution is -2.26. The first kappa shape index (κ1) is 11.6. The van der Waals surface area contributed by atoms with Crippen molar-refractivity contribution >= 4 is 5.97 Å². The van der Waals surface area contributed by atoms with Crippen LogP contribution in [0.15, 0.2) is 18.3 Å². The number of hydrogen-bond donors (Lipinski definition) is 2. The zero-order valence-corrected chi connectivity index (χ0v) is 8.68. The second kappa shape index (κ2) is 6.08. The Morgan fingerprint density at radius 1 is 1.67 bits per heavy atom. The van der Waals surface area contributed by atoms with Gasteiger partial charge in [0.2, 0.25) is 0 Å². The van der Waals surface area contributed by atoms with Crippen LogP contribution in [0.4, 0.5) is 0 Å². The van der Waals surface area contributed by atoms with Crippen molar-refractivity contribution in [2.45, 2.75) is 32.4 Å². The number of carboxylic acids is 1. The Hall–Kier alpha value is -1.49. The third-order valence-electron chi connectivity index (χ3n) is 2.05. The molecule has 0 aliphatic heterocycles. The number of aliphatic carboxylic acids is 1. The van der Waals surface area contributed by atoms with Crippen LogP contribution < -0.4 is 5.32 Å². The minimum Gasteiger partial charge on any atom is -0.481 e. The van der Waals surface area contributed by atoms with Crippen molar-refractivity contribution in [3.05, 3.63) is 24.0 Å². The molecule has 1 heterocycles. The highest BCUT2D eigenvalue weighted by Crippen LogP contribution is 1.98. The molecule has 0 amide bonds. The zero-order valence-electron chi connectivity index (χ0n) is 8.68. The van der Waals surface area contributed by atoms with Gasteiger partial charge in [-0.05, 0) is 25.5 Å². The van der Waals surface area contributed by atoms with E-state index in [1.807, 2.05) is 19.1 Å². The molecule has 0 saturated carbocycles. The van der Waals surface area contributed by atoms with Gasteiger partial charge < -0.3 is 10.4 Å². The van der Waals surface area contributed by atoms with Crippen LogP contribution in [-0.2, 0) is 11.3 Å². The Morgan fingerprint density at radius 3 is 3.07 bits per heavy atom. The predicted octanol–water partition coefficient (Wildman–Crippen LogP) is 0.820. The molecule has 1 aromatic rings. The Labute approximate surface area is 88.5 Å². The SMILES string of the molecule is CC(CCC(=O)O)NCc1cccnn1. The third-order valence-corrected chi connectivity index (χ3v) is 2.05. The first-order valence-corrected chi connectivity index (χ1v) is 4.90. The van der Waals surface area contributed by atoms with E-state index >= 15 is 0 Å². The summed E-state index contributed by atoms with van der Waals surface area (Å²) in [5.41, 5.74) is 0.861. The smallest absolute Gasteiger partial charge is 0.303 e. The molecule has 1 rings (SSSR count). The van der Waals surface area contributed by atoms with Gasteiger partial charge in [0.15, 0.2) is 0 Å². The van der Waals surface area contributed by atoms with Gasteiger partial charge in [-0.15, -0.1) is 0 Å². The molecule has 1 atom stereocenters. The number of carbonyl (C=O) groups is 1. The topological polar surface area (TPSA) is 75.1 Å². The normalized spacial score (nSPS) is 12.3. The highest BCUT2D eigenvalue weighted by Gasteiger charge is 2.04. The van der Waals surface area contributed by atoms with E-state index in [4.69, 9.17) is 5.11 Å². The van der Waals surface area contributed by atoms with Gasteiger partial charge in [0, 0.05) is 25.2 Å². The molecule has 0 spiro atoms. The summed E-state index contributed by atoms with van der Waals surface area (Å²) in [6.07, 6.45) is 2.43. The van der Waals surface area contributed by atoms with E-state index in [0.717, 1.165) is 5.69 Å². The predicted molar refractivity (Wildman–Crippen MR) is 55.2 cm³/mol. The molecule has 0 aromatic carbocycles. The molecular formula is C10H15N3O2. The van der Waals surface area contributed by atoms with Crippen molar-refractivity contribution in [1.29, 1.82) is 0 Å². The van der Waals surface area contributed by atoms with Crippen molar-refractivity contribution in [3.8, 4) is 0 Å². The van der Waals surface area contributed by atoms with Gasteiger partial charge in [-0.3, -0.25) is 4.79 Å². The van der Waals surface area contributed by atoms with E-state index in [9.17, 15) is 4.79 Å². The summed E-state index contributed by atoms with van der Waals surface area (Å²) in [4.78, 5) is 10.3. The van der Waals surface area contributed by atoms with E-state index in [0.29, 0.717) is 13.0 Å². The Morgan fingerprint density at radius 2 is 2.47 bits per heavy atom. The van der Waals surface area contributed by atoms with E-state index in [1.54, 1.807) is 6.20 Å². The molecule has 0 aliphatic carbocycles. The van der Waals surface area contributed by atoms with Crippen LogP contribution in [0, 0.1) is 0 Å². The van der Waals surface area contributed by atoms with Crippen LogP contribution in [-0.4, -0.2) is 27.3 Å². The molecule has 1 unspecified atom stereocenters. The molecule has 2 N–H and O–H groups in total. The van der Waals surface area contributed by atoms with E-state index < -0.39 is 5.97 Å². The molecule has 0 saturated heterocycles. The number of nitrogens with one attached hydrogen (secondary N) is 1. The molecule has 0 aliphatic rings. The fourth-order valence-corrected chi connectivity index (χ4v) is 1.15. The van der Waals surface area contributed by atoms with Gasteiger partial charge in [-0.2, -0.15) is 10.2 Å². The van der Waals surface area contributed by atoms with Gasteiger partial charge in [0.05, 0.1) is 5.69 Å². The van der Waals surface area contributed by atoms with Crippen LogP contribution in [0.5, 0.6) is 0 Å². The molecule has 0 fully saturated rings. The first-order chi connectivity index (χ1) is 7.18. The number of rotatable bonds is 6. The molecule has 0 radical (unpaired) electrons. The van der Waals surface area contributed by atoms with Gasteiger partial charge in [-0.25, -0.2) is 0 Å². The molecule has 15 heavy (non-hydrogen) atoms.